The van der Waals surface area contributed by atoms with E-state index < -0.39 is 35.7 Å². The molecule has 0 amide bonds. The SMILES string of the molecule is CCCCCC/C=C/CCCCCCCCCCCCCC[N+](CC(C)C(=O)[O-])(CC(C)C(=O)O)CC(C)C(=O)O. The first-order valence-electron chi connectivity index (χ1n) is 16.7. The number of carbonyl (C=O) groups excluding carboxylic acids is 1. The van der Waals surface area contributed by atoms with Crippen LogP contribution < -0.4 is 5.11 Å². The fourth-order valence-corrected chi connectivity index (χ4v) is 5.87. The number of unbranched alkanes of at least 4 members (excludes halogenated alkanes) is 16. The Balaban J connectivity index is 4.24. The molecule has 0 saturated heterocycles. The van der Waals surface area contributed by atoms with Crippen molar-refractivity contribution >= 4 is 17.9 Å². The fraction of sp³-hybridized carbons (Fsp3) is 0.853. The number of rotatable bonds is 29. The zero-order valence-electron chi connectivity index (χ0n) is 26.9. The highest BCUT2D eigenvalue weighted by Crippen LogP contribution is 2.22. The summed E-state index contributed by atoms with van der Waals surface area (Å²) >= 11 is 0. The second-order valence-electron chi connectivity index (χ2n) is 12.7. The van der Waals surface area contributed by atoms with E-state index in [1.165, 1.54) is 89.9 Å². The third-order valence-electron chi connectivity index (χ3n) is 8.37. The maximum absolute atomic E-state index is 11.6. The van der Waals surface area contributed by atoms with Gasteiger partial charge in [-0.1, -0.05) is 103 Å². The molecule has 0 aromatic carbocycles. The van der Waals surface area contributed by atoms with Crippen LogP contribution in [0.3, 0.4) is 0 Å². The Kier molecular flexibility index (Phi) is 23.5. The first-order chi connectivity index (χ1) is 19.5. The molecule has 2 N–H and O–H groups in total. The third-order valence-corrected chi connectivity index (χ3v) is 8.37. The molecular weight excluding hydrogens is 518 g/mol. The van der Waals surface area contributed by atoms with E-state index in [0.717, 1.165) is 25.7 Å². The number of hydrogen-bond acceptors (Lipinski definition) is 4. The van der Waals surface area contributed by atoms with Crippen molar-refractivity contribution in [3.8, 4) is 0 Å². The van der Waals surface area contributed by atoms with Gasteiger partial charge < -0.3 is 24.6 Å². The quantitative estimate of drug-likeness (QED) is 0.0547. The van der Waals surface area contributed by atoms with Crippen molar-refractivity contribution in [3.63, 3.8) is 0 Å². The minimum Gasteiger partial charge on any atom is -0.550 e. The van der Waals surface area contributed by atoms with Crippen LogP contribution in [0.25, 0.3) is 0 Å². The number of nitrogens with zero attached hydrogens (tertiary/aromatic N) is 1. The van der Waals surface area contributed by atoms with Crippen LogP contribution in [0.2, 0.25) is 0 Å². The van der Waals surface area contributed by atoms with Crippen LogP contribution in [-0.4, -0.2) is 58.8 Å². The number of carboxylic acids is 3. The standard InChI is InChI=1S/C34H63NO6/c1-5-6-7-8-9-10-11-12-13-14-15-16-17-18-19-20-21-22-23-24-25-35(26-29(2)32(36)37,27-30(3)33(38)39)28-31(4)34(40)41/h10-11,29-31H,5-9,12-28H2,1-4H3,(H2-,36,37,38,39,40,41)/b11-10+. The summed E-state index contributed by atoms with van der Waals surface area (Å²) in [6.45, 7) is 8.25. The molecule has 0 aliphatic heterocycles. The summed E-state index contributed by atoms with van der Waals surface area (Å²) in [4.78, 5) is 34.8. The van der Waals surface area contributed by atoms with E-state index in [1.807, 2.05) is 0 Å². The first-order valence-corrected chi connectivity index (χ1v) is 16.7. The van der Waals surface area contributed by atoms with Gasteiger partial charge in [-0.25, -0.2) is 0 Å². The van der Waals surface area contributed by atoms with Gasteiger partial charge in [-0.2, -0.15) is 0 Å². The van der Waals surface area contributed by atoms with Gasteiger partial charge in [0.15, 0.2) is 0 Å². The van der Waals surface area contributed by atoms with E-state index in [0.29, 0.717) is 6.54 Å². The molecule has 0 aliphatic carbocycles. The fourth-order valence-electron chi connectivity index (χ4n) is 5.87. The lowest BCUT2D eigenvalue weighted by molar-refractivity contribution is -0.934. The summed E-state index contributed by atoms with van der Waals surface area (Å²) in [5.74, 6) is -5.23. The van der Waals surface area contributed by atoms with Crippen molar-refractivity contribution in [2.75, 3.05) is 26.2 Å². The monoisotopic (exact) mass is 581 g/mol. The molecule has 0 radical (unpaired) electrons. The van der Waals surface area contributed by atoms with Gasteiger partial charge in [-0.05, 0) is 52.4 Å². The maximum atomic E-state index is 11.6. The minimum absolute atomic E-state index is 0.186. The van der Waals surface area contributed by atoms with Gasteiger partial charge in [-0.15, -0.1) is 0 Å². The average molecular weight is 582 g/mol. The van der Waals surface area contributed by atoms with E-state index in [2.05, 4.69) is 19.1 Å². The van der Waals surface area contributed by atoms with Crippen LogP contribution >= 0.6 is 0 Å². The number of carboxylic acid groups (broad SMARTS) is 3. The molecule has 41 heavy (non-hydrogen) atoms. The maximum Gasteiger partial charge on any atom is 0.311 e. The highest BCUT2D eigenvalue weighted by Gasteiger charge is 2.36. The van der Waals surface area contributed by atoms with E-state index in [1.54, 1.807) is 20.8 Å². The molecule has 0 fully saturated rings. The molecule has 7 heteroatoms. The van der Waals surface area contributed by atoms with E-state index in [-0.39, 0.29) is 24.1 Å². The summed E-state index contributed by atoms with van der Waals surface area (Å²) < 4.78 is 0.186. The highest BCUT2D eigenvalue weighted by atomic mass is 16.4. The molecular formula is C34H63NO6. The van der Waals surface area contributed by atoms with Crippen molar-refractivity contribution in [1.82, 2.24) is 0 Å². The summed E-state index contributed by atoms with van der Waals surface area (Å²) in [5.41, 5.74) is 0. The van der Waals surface area contributed by atoms with Crippen LogP contribution in [0.1, 0.15) is 143 Å². The van der Waals surface area contributed by atoms with Gasteiger partial charge in [0.1, 0.15) is 11.8 Å². The second-order valence-corrected chi connectivity index (χ2v) is 12.7. The number of quaternary nitrogens is 1. The van der Waals surface area contributed by atoms with E-state index >= 15 is 0 Å². The zero-order chi connectivity index (χ0) is 30.9. The Morgan fingerprint density at radius 2 is 0.927 bits per heavy atom. The Bertz CT molecular complexity index is 667. The number of carbonyl (C=O) groups is 3. The summed E-state index contributed by atoms with van der Waals surface area (Å²) in [6.07, 6.45) is 27.0. The topological polar surface area (TPSA) is 115 Å². The number of allylic oxidation sites excluding steroid dienone is 2. The van der Waals surface area contributed by atoms with Gasteiger partial charge in [0.2, 0.25) is 0 Å². The average Bonchev–Trinajstić information content (AvgIpc) is 2.91. The molecule has 3 unspecified atom stereocenters. The molecule has 0 aromatic heterocycles. The number of aliphatic carboxylic acids is 3. The normalized spacial score (nSPS) is 15.4. The van der Waals surface area contributed by atoms with E-state index in [9.17, 15) is 29.7 Å². The van der Waals surface area contributed by atoms with Gasteiger partial charge >= 0.3 is 11.9 Å². The molecule has 0 spiro atoms. The summed E-state index contributed by atoms with van der Waals surface area (Å²) in [5, 5.41) is 30.5. The Morgan fingerprint density at radius 1 is 0.585 bits per heavy atom. The Morgan fingerprint density at radius 3 is 1.29 bits per heavy atom. The molecule has 240 valence electrons. The van der Waals surface area contributed by atoms with Crippen LogP contribution in [0.15, 0.2) is 12.2 Å². The largest absolute Gasteiger partial charge is 0.550 e. The van der Waals surface area contributed by atoms with Crippen molar-refractivity contribution in [2.24, 2.45) is 17.8 Å². The molecule has 0 saturated carbocycles. The number of hydrogen-bond donors (Lipinski definition) is 2. The smallest absolute Gasteiger partial charge is 0.311 e. The Hall–Kier alpha value is -1.89. The third kappa shape index (κ3) is 21.5. The van der Waals surface area contributed by atoms with Gasteiger partial charge in [0.05, 0.1) is 26.2 Å². The van der Waals surface area contributed by atoms with Crippen LogP contribution in [-0.2, 0) is 14.4 Å². The molecule has 0 rings (SSSR count). The van der Waals surface area contributed by atoms with Gasteiger partial charge in [0.25, 0.3) is 0 Å². The van der Waals surface area contributed by atoms with E-state index in [4.69, 9.17) is 0 Å². The van der Waals surface area contributed by atoms with Crippen molar-refractivity contribution < 1.29 is 34.2 Å². The highest BCUT2D eigenvalue weighted by molar-refractivity contribution is 5.70. The molecule has 0 aliphatic rings. The summed E-state index contributed by atoms with van der Waals surface area (Å²) in [6, 6.07) is 0. The first kappa shape index (κ1) is 39.1. The predicted molar refractivity (Wildman–Crippen MR) is 165 cm³/mol. The van der Waals surface area contributed by atoms with Crippen molar-refractivity contribution in [3.05, 3.63) is 12.2 Å². The van der Waals surface area contributed by atoms with Crippen LogP contribution in [0, 0.1) is 17.8 Å². The van der Waals surface area contributed by atoms with Gasteiger partial charge in [-0.3, -0.25) is 9.59 Å². The Labute approximate surface area is 251 Å². The lowest BCUT2D eigenvalue weighted by atomic mass is 10.00. The summed E-state index contributed by atoms with van der Waals surface area (Å²) in [7, 11) is 0. The van der Waals surface area contributed by atoms with Crippen molar-refractivity contribution in [1.29, 1.82) is 0 Å². The molecule has 3 atom stereocenters. The van der Waals surface area contributed by atoms with Gasteiger partial charge in [0, 0.05) is 11.9 Å². The molecule has 0 bridgehead atoms. The lowest BCUT2D eigenvalue weighted by Crippen LogP contribution is -2.58. The predicted octanol–water partition coefficient (Wildman–Crippen LogP) is 7.23. The zero-order valence-corrected chi connectivity index (χ0v) is 26.9. The minimum atomic E-state index is -1.18. The van der Waals surface area contributed by atoms with Crippen LogP contribution in [0.4, 0.5) is 0 Å². The second kappa shape index (κ2) is 24.7. The lowest BCUT2D eigenvalue weighted by Gasteiger charge is -2.43. The molecule has 7 nitrogen and oxygen atoms in total. The van der Waals surface area contributed by atoms with Crippen molar-refractivity contribution in [2.45, 2.75) is 143 Å². The molecule has 0 aromatic rings. The molecule has 0 heterocycles. The van der Waals surface area contributed by atoms with Crippen LogP contribution in [0.5, 0.6) is 0 Å².